The second kappa shape index (κ2) is 6.38. The van der Waals surface area contributed by atoms with Crippen LogP contribution in [0.1, 0.15) is 23.7 Å². The number of aromatic nitrogens is 3. The van der Waals surface area contributed by atoms with Crippen LogP contribution in [-0.2, 0) is 7.05 Å². The third-order valence-electron chi connectivity index (χ3n) is 2.71. The molecule has 0 saturated carbocycles. The second-order valence-corrected chi connectivity index (χ2v) is 4.68. The van der Waals surface area contributed by atoms with Crippen molar-refractivity contribution in [1.29, 1.82) is 0 Å². The average Bonchev–Trinajstić information content (AvgIpc) is 2.83. The fourth-order valence-corrected chi connectivity index (χ4v) is 1.85. The molecular weight excluding hydrogens is 278 g/mol. The van der Waals surface area contributed by atoms with Gasteiger partial charge in [-0.25, -0.2) is 4.98 Å². The Hall–Kier alpha value is -2.08. The molecule has 0 aliphatic heterocycles. The number of aryl methyl sites for hydroxylation is 1. The summed E-state index contributed by atoms with van der Waals surface area (Å²) in [5.74, 6) is 0.926. The third kappa shape index (κ3) is 3.27. The number of carbonyl (C=O) groups excluding carboxylic acids is 1. The number of halogens is 1. The number of nitrogens with zero attached hydrogens (tertiary/aromatic N) is 3. The van der Waals surface area contributed by atoms with Crippen LogP contribution in [0.4, 0.5) is 11.6 Å². The average molecular weight is 294 g/mol. The quantitative estimate of drug-likeness (QED) is 0.888. The van der Waals surface area contributed by atoms with Gasteiger partial charge in [0.2, 0.25) is 0 Å². The van der Waals surface area contributed by atoms with Gasteiger partial charge in [0.1, 0.15) is 11.6 Å². The van der Waals surface area contributed by atoms with Crippen molar-refractivity contribution in [2.75, 3.05) is 17.2 Å². The maximum atomic E-state index is 12.1. The normalized spacial score (nSPS) is 10.3. The largest absolute Gasteiger partial charge is 0.369 e. The molecule has 0 fully saturated rings. The van der Waals surface area contributed by atoms with Gasteiger partial charge in [-0.15, -0.1) is 0 Å². The first kappa shape index (κ1) is 14.3. The van der Waals surface area contributed by atoms with Crippen LogP contribution in [0.2, 0.25) is 5.02 Å². The zero-order valence-electron chi connectivity index (χ0n) is 11.4. The molecule has 0 aliphatic rings. The van der Waals surface area contributed by atoms with Crippen molar-refractivity contribution in [2.24, 2.45) is 7.05 Å². The summed E-state index contributed by atoms with van der Waals surface area (Å²) >= 11 is 6.10. The predicted molar refractivity (Wildman–Crippen MR) is 79.2 cm³/mol. The first-order valence-corrected chi connectivity index (χ1v) is 6.68. The number of hydrogen-bond donors (Lipinski definition) is 2. The maximum Gasteiger partial charge on any atom is 0.258 e. The molecule has 0 aromatic carbocycles. The van der Waals surface area contributed by atoms with Crippen molar-refractivity contribution in [3.63, 3.8) is 0 Å². The Kier molecular flexibility index (Phi) is 4.57. The van der Waals surface area contributed by atoms with Gasteiger partial charge in [-0.1, -0.05) is 18.5 Å². The molecule has 20 heavy (non-hydrogen) atoms. The van der Waals surface area contributed by atoms with Crippen LogP contribution >= 0.6 is 11.6 Å². The molecule has 7 heteroatoms. The highest BCUT2D eigenvalue weighted by atomic mass is 35.5. The zero-order chi connectivity index (χ0) is 14.5. The van der Waals surface area contributed by atoms with Crippen LogP contribution in [0.5, 0.6) is 0 Å². The lowest BCUT2D eigenvalue weighted by Gasteiger charge is -2.08. The first-order valence-electron chi connectivity index (χ1n) is 6.30. The van der Waals surface area contributed by atoms with E-state index in [9.17, 15) is 4.79 Å². The summed E-state index contributed by atoms with van der Waals surface area (Å²) < 4.78 is 1.57. The monoisotopic (exact) mass is 293 g/mol. The van der Waals surface area contributed by atoms with E-state index in [1.54, 1.807) is 30.1 Å². The van der Waals surface area contributed by atoms with Crippen molar-refractivity contribution in [2.45, 2.75) is 13.3 Å². The van der Waals surface area contributed by atoms with Crippen LogP contribution < -0.4 is 10.6 Å². The SMILES string of the molecule is CCCNc1ncc(C(=O)Nc2ccnn2C)cc1Cl. The lowest BCUT2D eigenvalue weighted by molar-refractivity contribution is 0.102. The number of rotatable bonds is 5. The Morgan fingerprint density at radius 3 is 2.90 bits per heavy atom. The highest BCUT2D eigenvalue weighted by Gasteiger charge is 2.11. The number of carbonyl (C=O) groups is 1. The van der Waals surface area contributed by atoms with Crippen LogP contribution in [0.25, 0.3) is 0 Å². The van der Waals surface area contributed by atoms with E-state index in [0.717, 1.165) is 13.0 Å². The smallest absolute Gasteiger partial charge is 0.258 e. The molecule has 6 nitrogen and oxygen atoms in total. The molecule has 0 unspecified atom stereocenters. The Morgan fingerprint density at radius 2 is 2.30 bits per heavy atom. The molecule has 0 saturated heterocycles. The Labute approximate surface area is 122 Å². The van der Waals surface area contributed by atoms with Gasteiger partial charge in [0.05, 0.1) is 16.8 Å². The maximum absolute atomic E-state index is 12.1. The fourth-order valence-electron chi connectivity index (χ4n) is 1.62. The van der Waals surface area contributed by atoms with Gasteiger partial charge in [-0.05, 0) is 12.5 Å². The van der Waals surface area contributed by atoms with E-state index in [4.69, 9.17) is 11.6 Å². The number of nitrogens with one attached hydrogen (secondary N) is 2. The summed E-state index contributed by atoms with van der Waals surface area (Å²) in [6, 6.07) is 3.31. The molecule has 1 amide bonds. The van der Waals surface area contributed by atoms with Crippen molar-refractivity contribution < 1.29 is 4.79 Å². The van der Waals surface area contributed by atoms with E-state index in [0.29, 0.717) is 22.2 Å². The molecule has 0 atom stereocenters. The summed E-state index contributed by atoms with van der Waals surface area (Å²) in [6.45, 7) is 2.84. The molecular formula is C13H16ClN5O. The van der Waals surface area contributed by atoms with E-state index in [-0.39, 0.29) is 5.91 Å². The number of anilines is 2. The van der Waals surface area contributed by atoms with E-state index in [1.807, 2.05) is 0 Å². The lowest BCUT2D eigenvalue weighted by Crippen LogP contribution is -2.15. The van der Waals surface area contributed by atoms with E-state index < -0.39 is 0 Å². The highest BCUT2D eigenvalue weighted by Crippen LogP contribution is 2.20. The van der Waals surface area contributed by atoms with Crippen LogP contribution in [0.3, 0.4) is 0 Å². The second-order valence-electron chi connectivity index (χ2n) is 4.28. The van der Waals surface area contributed by atoms with Gasteiger partial charge in [-0.2, -0.15) is 5.10 Å². The Morgan fingerprint density at radius 1 is 1.50 bits per heavy atom. The van der Waals surface area contributed by atoms with Gasteiger partial charge < -0.3 is 10.6 Å². The summed E-state index contributed by atoms with van der Waals surface area (Å²) in [5.41, 5.74) is 0.401. The van der Waals surface area contributed by atoms with E-state index in [1.165, 1.54) is 6.20 Å². The van der Waals surface area contributed by atoms with Gasteiger partial charge in [0, 0.05) is 25.9 Å². The lowest BCUT2D eigenvalue weighted by atomic mass is 10.2. The minimum atomic E-state index is -0.273. The first-order chi connectivity index (χ1) is 9.61. The summed E-state index contributed by atoms with van der Waals surface area (Å²) in [5, 5.41) is 10.2. The van der Waals surface area contributed by atoms with Crippen molar-refractivity contribution >= 4 is 29.1 Å². The van der Waals surface area contributed by atoms with Crippen LogP contribution in [-0.4, -0.2) is 27.2 Å². The molecule has 0 radical (unpaired) electrons. The molecule has 2 aromatic heterocycles. The van der Waals surface area contributed by atoms with Crippen molar-refractivity contribution in [3.8, 4) is 0 Å². The summed E-state index contributed by atoms with van der Waals surface area (Å²) in [6.07, 6.45) is 4.08. The molecule has 0 aliphatic carbocycles. The Balaban J connectivity index is 2.11. The zero-order valence-corrected chi connectivity index (χ0v) is 12.1. The molecule has 0 spiro atoms. The molecule has 2 rings (SSSR count). The van der Waals surface area contributed by atoms with Crippen molar-refractivity contribution in [1.82, 2.24) is 14.8 Å². The highest BCUT2D eigenvalue weighted by molar-refractivity contribution is 6.33. The van der Waals surface area contributed by atoms with Gasteiger partial charge in [-0.3, -0.25) is 9.48 Å². The molecule has 106 valence electrons. The van der Waals surface area contributed by atoms with Crippen molar-refractivity contribution in [3.05, 3.63) is 35.1 Å². The summed E-state index contributed by atoms with van der Waals surface area (Å²) in [7, 11) is 1.75. The van der Waals surface area contributed by atoms with Gasteiger partial charge in [0.25, 0.3) is 5.91 Å². The minimum absolute atomic E-state index is 0.273. The number of hydrogen-bond acceptors (Lipinski definition) is 4. The summed E-state index contributed by atoms with van der Waals surface area (Å²) in [4.78, 5) is 16.2. The van der Waals surface area contributed by atoms with E-state index >= 15 is 0 Å². The minimum Gasteiger partial charge on any atom is -0.369 e. The van der Waals surface area contributed by atoms with Crippen LogP contribution in [0.15, 0.2) is 24.5 Å². The van der Waals surface area contributed by atoms with Crippen LogP contribution in [0, 0.1) is 0 Å². The van der Waals surface area contributed by atoms with E-state index in [2.05, 4.69) is 27.6 Å². The van der Waals surface area contributed by atoms with Gasteiger partial charge in [0.15, 0.2) is 0 Å². The molecule has 2 N–H and O–H groups in total. The number of pyridine rings is 1. The fraction of sp³-hybridized carbons (Fsp3) is 0.308. The molecule has 2 heterocycles. The topological polar surface area (TPSA) is 71.8 Å². The molecule has 0 bridgehead atoms. The Bertz CT molecular complexity index is 611. The van der Waals surface area contributed by atoms with Gasteiger partial charge >= 0.3 is 0 Å². The predicted octanol–water partition coefficient (Wildman–Crippen LogP) is 2.54. The standard InChI is InChI=1S/C13H16ClN5O/c1-3-5-15-12-10(14)7-9(8-16-12)13(20)18-11-4-6-17-19(11)2/h4,6-8H,3,5H2,1-2H3,(H,15,16)(H,18,20). The number of amides is 1. The molecule has 2 aromatic rings. The third-order valence-corrected chi connectivity index (χ3v) is 3.00.